The Kier molecular flexibility index (Phi) is 3.75. The van der Waals surface area contributed by atoms with E-state index in [9.17, 15) is 0 Å². The number of hydrogen-bond donors (Lipinski definition) is 0. The number of para-hydroxylation sites is 2. The van der Waals surface area contributed by atoms with Crippen molar-refractivity contribution in [1.29, 1.82) is 0 Å². The number of benzene rings is 4. The van der Waals surface area contributed by atoms with Crippen molar-refractivity contribution < 1.29 is 0 Å². The molecule has 0 amide bonds. The van der Waals surface area contributed by atoms with Gasteiger partial charge in [-0.2, -0.15) is 0 Å². The second kappa shape index (κ2) is 6.28. The summed E-state index contributed by atoms with van der Waals surface area (Å²) in [6.45, 7) is 4.57. The summed E-state index contributed by atoms with van der Waals surface area (Å²) in [6, 6.07) is 30.9. The summed E-state index contributed by atoms with van der Waals surface area (Å²) in [4.78, 5) is 0. The predicted octanol–water partition coefficient (Wildman–Crippen LogP) is 7.45. The van der Waals surface area contributed by atoms with Crippen LogP contribution in [0.25, 0.3) is 38.3 Å². The minimum absolute atomic E-state index is 0.576. The lowest BCUT2D eigenvalue weighted by Crippen LogP contribution is -1.93. The summed E-state index contributed by atoms with van der Waals surface area (Å²) >= 11 is 0. The summed E-state index contributed by atoms with van der Waals surface area (Å²) in [5, 5.41) is 5.35. The molecule has 1 nitrogen and oxygen atoms in total. The Hall–Kier alpha value is -3.06. The first-order valence-corrected chi connectivity index (χ1v) is 9.79. The average molecular weight is 349 g/mol. The van der Waals surface area contributed by atoms with Gasteiger partial charge in [0.15, 0.2) is 0 Å². The highest BCUT2D eigenvalue weighted by molar-refractivity contribution is 6.21. The zero-order chi connectivity index (χ0) is 18.4. The highest BCUT2D eigenvalue weighted by atomic mass is 15.0. The fraction of sp³-hybridized carbons (Fsp3) is 0.154. The standard InChI is InChI=1S/C26H23N/c1-3-18(2)20-14-13-19-15-16-25-26(23(19)17-20)22-11-7-8-12-24(22)27(25)21-9-5-4-6-10-21/h4-18H,3H2,1-2H3. The zero-order valence-corrected chi connectivity index (χ0v) is 15.8. The maximum atomic E-state index is 2.41. The third-order valence-electron chi connectivity index (χ3n) is 5.87. The highest BCUT2D eigenvalue weighted by Gasteiger charge is 2.15. The molecule has 1 aromatic heterocycles. The van der Waals surface area contributed by atoms with E-state index in [4.69, 9.17) is 0 Å². The van der Waals surface area contributed by atoms with Gasteiger partial charge in [-0.15, -0.1) is 0 Å². The molecule has 0 fully saturated rings. The Bertz CT molecular complexity index is 1260. The number of fused-ring (bicyclic) bond motifs is 5. The van der Waals surface area contributed by atoms with E-state index < -0.39 is 0 Å². The van der Waals surface area contributed by atoms with Gasteiger partial charge in [0.1, 0.15) is 0 Å². The molecule has 1 heterocycles. The van der Waals surface area contributed by atoms with E-state index in [2.05, 4.69) is 103 Å². The number of hydrogen-bond acceptors (Lipinski definition) is 0. The largest absolute Gasteiger partial charge is 0.309 e. The molecule has 0 bridgehead atoms. The molecule has 0 aliphatic carbocycles. The van der Waals surface area contributed by atoms with Crippen molar-refractivity contribution in [2.45, 2.75) is 26.2 Å². The van der Waals surface area contributed by atoms with E-state index in [-0.39, 0.29) is 0 Å². The first-order valence-electron chi connectivity index (χ1n) is 9.79. The molecule has 4 aromatic carbocycles. The first-order chi connectivity index (χ1) is 13.3. The van der Waals surface area contributed by atoms with Crippen LogP contribution in [0.15, 0.2) is 84.9 Å². The summed E-state index contributed by atoms with van der Waals surface area (Å²) in [5.41, 5.74) is 5.17. The van der Waals surface area contributed by atoms with E-state index >= 15 is 0 Å². The number of aromatic nitrogens is 1. The molecule has 0 aliphatic rings. The molecule has 0 N–H and O–H groups in total. The number of nitrogens with zero attached hydrogens (tertiary/aromatic N) is 1. The lowest BCUT2D eigenvalue weighted by atomic mass is 9.94. The van der Waals surface area contributed by atoms with Gasteiger partial charge in [0.25, 0.3) is 0 Å². The maximum Gasteiger partial charge on any atom is 0.0547 e. The van der Waals surface area contributed by atoms with Crippen molar-refractivity contribution in [3.05, 3.63) is 90.5 Å². The predicted molar refractivity (Wildman–Crippen MR) is 117 cm³/mol. The molecule has 0 saturated heterocycles. The van der Waals surface area contributed by atoms with Crippen molar-refractivity contribution in [3.63, 3.8) is 0 Å². The molecule has 0 saturated carbocycles. The van der Waals surface area contributed by atoms with E-state index in [1.807, 2.05) is 0 Å². The van der Waals surface area contributed by atoms with Crippen LogP contribution >= 0.6 is 0 Å². The van der Waals surface area contributed by atoms with Gasteiger partial charge in [-0.25, -0.2) is 0 Å². The molecule has 132 valence electrons. The lowest BCUT2D eigenvalue weighted by molar-refractivity contribution is 0.735. The fourth-order valence-corrected chi connectivity index (χ4v) is 4.20. The molecule has 1 heteroatoms. The molecular weight excluding hydrogens is 326 g/mol. The van der Waals surface area contributed by atoms with Gasteiger partial charge in [0.05, 0.1) is 11.0 Å². The Balaban J connectivity index is 1.95. The van der Waals surface area contributed by atoms with Crippen molar-refractivity contribution >= 4 is 32.6 Å². The SMILES string of the molecule is CCC(C)c1ccc2ccc3c(c2c1)c1ccccc1n3-c1ccccc1. The van der Waals surface area contributed by atoms with Crippen LogP contribution in [0.3, 0.4) is 0 Å². The van der Waals surface area contributed by atoms with Gasteiger partial charge >= 0.3 is 0 Å². The average Bonchev–Trinajstić information content (AvgIpc) is 3.08. The van der Waals surface area contributed by atoms with Crippen molar-refractivity contribution in [1.82, 2.24) is 4.57 Å². The summed E-state index contributed by atoms with van der Waals surface area (Å²) in [5.74, 6) is 0.576. The van der Waals surface area contributed by atoms with Crippen LogP contribution in [0.1, 0.15) is 31.7 Å². The molecule has 27 heavy (non-hydrogen) atoms. The lowest BCUT2D eigenvalue weighted by Gasteiger charge is -2.11. The third-order valence-corrected chi connectivity index (χ3v) is 5.87. The summed E-state index contributed by atoms with van der Waals surface area (Å²) in [6.07, 6.45) is 1.16. The maximum absolute atomic E-state index is 2.41. The molecular formula is C26H23N. The molecule has 0 radical (unpaired) electrons. The fourth-order valence-electron chi connectivity index (χ4n) is 4.20. The van der Waals surface area contributed by atoms with Crippen LogP contribution in [-0.4, -0.2) is 4.57 Å². The van der Waals surface area contributed by atoms with Gasteiger partial charge in [0, 0.05) is 16.5 Å². The highest BCUT2D eigenvalue weighted by Crippen LogP contribution is 2.37. The Labute approximate surface area is 159 Å². The van der Waals surface area contributed by atoms with Gasteiger partial charge in [-0.1, -0.05) is 74.5 Å². The Morgan fingerprint density at radius 1 is 0.741 bits per heavy atom. The van der Waals surface area contributed by atoms with Crippen molar-refractivity contribution in [3.8, 4) is 5.69 Å². The summed E-state index contributed by atoms with van der Waals surface area (Å²) < 4.78 is 2.39. The number of rotatable bonds is 3. The van der Waals surface area contributed by atoms with Gasteiger partial charge in [-0.3, -0.25) is 0 Å². The Morgan fingerprint density at radius 3 is 2.30 bits per heavy atom. The molecule has 5 aromatic rings. The normalized spacial score (nSPS) is 12.8. The van der Waals surface area contributed by atoms with E-state index in [0.29, 0.717) is 5.92 Å². The Morgan fingerprint density at radius 2 is 1.48 bits per heavy atom. The van der Waals surface area contributed by atoms with Crippen LogP contribution in [-0.2, 0) is 0 Å². The molecule has 1 atom stereocenters. The second-order valence-corrected chi connectivity index (χ2v) is 7.44. The third kappa shape index (κ3) is 2.46. The first kappa shape index (κ1) is 16.1. The second-order valence-electron chi connectivity index (χ2n) is 7.44. The quantitative estimate of drug-likeness (QED) is 0.319. The minimum Gasteiger partial charge on any atom is -0.309 e. The molecule has 1 unspecified atom stereocenters. The monoisotopic (exact) mass is 349 g/mol. The molecule has 0 aliphatic heterocycles. The van der Waals surface area contributed by atoms with E-state index in [0.717, 1.165) is 6.42 Å². The van der Waals surface area contributed by atoms with Crippen LogP contribution in [0.4, 0.5) is 0 Å². The van der Waals surface area contributed by atoms with Crippen molar-refractivity contribution in [2.75, 3.05) is 0 Å². The molecule has 0 spiro atoms. The van der Waals surface area contributed by atoms with E-state index in [1.165, 1.54) is 43.8 Å². The molecule has 5 rings (SSSR count). The zero-order valence-electron chi connectivity index (χ0n) is 15.8. The van der Waals surface area contributed by atoms with Crippen molar-refractivity contribution in [2.24, 2.45) is 0 Å². The van der Waals surface area contributed by atoms with Crippen LogP contribution in [0.2, 0.25) is 0 Å². The van der Waals surface area contributed by atoms with Crippen LogP contribution in [0, 0.1) is 0 Å². The summed E-state index contributed by atoms with van der Waals surface area (Å²) in [7, 11) is 0. The van der Waals surface area contributed by atoms with Gasteiger partial charge in [-0.05, 0) is 52.9 Å². The van der Waals surface area contributed by atoms with E-state index in [1.54, 1.807) is 0 Å². The van der Waals surface area contributed by atoms with Gasteiger partial charge in [0.2, 0.25) is 0 Å². The van der Waals surface area contributed by atoms with Crippen LogP contribution in [0.5, 0.6) is 0 Å². The minimum atomic E-state index is 0.576. The van der Waals surface area contributed by atoms with Gasteiger partial charge < -0.3 is 4.57 Å². The topological polar surface area (TPSA) is 4.93 Å². The smallest absolute Gasteiger partial charge is 0.0547 e. The van der Waals surface area contributed by atoms with Crippen LogP contribution < -0.4 is 0 Å².